The fourth-order valence-electron chi connectivity index (χ4n) is 3.18. The second-order valence-corrected chi connectivity index (χ2v) is 6.61. The molecule has 2 aromatic carbocycles. The predicted molar refractivity (Wildman–Crippen MR) is 109 cm³/mol. The Labute approximate surface area is 162 Å². The van der Waals surface area contributed by atoms with E-state index in [4.69, 9.17) is 4.74 Å². The largest absolute Gasteiger partial charge is 0.457 e. The molecule has 4 aromatic rings. The molecule has 1 N–H and O–H groups in total. The number of carbonyl (C=O) groups is 1. The maximum absolute atomic E-state index is 12.9. The van der Waals surface area contributed by atoms with Crippen molar-refractivity contribution in [1.29, 1.82) is 0 Å². The van der Waals surface area contributed by atoms with Crippen LogP contribution in [0.3, 0.4) is 0 Å². The summed E-state index contributed by atoms with van der Waals surface area (Å²) < 4.78 is 7.48. The summed E-state index contributed by atoms with van der Waals surface area (Å²) in [5.74, 6) is 1.28. The van der Waals surface area contributed by atoms with Gasteiger partial charge in [-0.15, -0.1) is 0 Å². The number of fused-ring (bicyclic) bond motifs is 1. The van der Waals surface area contributed by atoms with E-state index in [9.17, 15) is 4.79 Å². The van der Waals surface area contributed by atoms with Gasteiger partial charge in [0, 0.05) is 18.4 Å². The Hall–Kier alpha value is -3.67. The van der Waals surface area contributed by atoms with Crippen LogP contribution in [-0.4, -0.2) is 20.7 Å². The minimum absolute atomic E-state index is 0.191. The molecule has 0 saturated carbocycles. The van der Waals surface area contributed by atoms with Gasteiger partial charge in [0.2, 0.25) is 0 Å². The number of rotatable bonds is 4. The molecule has 0 bridgehead atoms. The Morgan fingerprint density at radius 3 is 2.39 bits per heavy atom. The van der Waals surface area contributed by atoms with Crippen LogP contribution in [0, 0.1) is 13.8 Å². The van der Waals surface area contributed by atoms with Crippen molar-refractivity contribution in [3.63, 3.8) is 0 Å². The second-order valence-electron chi connectivity index (χ2n) is 6.61. The number of nitrogens with zero attached hydrogens (tertiary/aromatic N) is 3. The zero-order valence-corrected chi connectivity index (χ0v) is 15.9. The van der Waals surface area contributed by atoms with E-state index in [1.165, 1.54) is 0 Å². The number of hydrogen-bond acceptors (Lipinski definition) is 4. The maximum Gasteiger partial charge on any atom is 0.256 e. The van der Waals surface area contributed by atoms with Gasteiger partial charge in [0.1, 0.15) is 11.5 Å². The van der Waals surface area contributed by atoms with Crippen LogP contribution in [0.1, 0.15) is 21.7 Å². The molecule has 0 fully saturated rings. The molecule has 0 radical (unpaired) electrons. The minimum Gasteiger partial charge on any atom is -0.457 e. The zero-order valence-electron chi connectivity index (χ0n) is 15.9. The van der Waals surface area contributed by atoms with Crippen LogP contribution in [0.15, 0.2) is 60.7 Å². The van der Waals surface area contributed by atoms with E-state index < -0.39 is 0 Å². The molecule has 2 aromatic heterocycles. The highest BCUT2D eigenvalue weighted by Crippen LogP contribution is 2.25. The summed E-state index contributed by atoms with van der Waals surface area (Å²) in [6, 6.07) is 18.6. The van der Waals surface area contributed by atoms with Crippen molar-refractivity contribution < 1.29 is 9.53 Å². The molecule has 0 atom stereocenters. The summed E-state index contributed by atoms with van der Waals surface area (Å²) in [4.78, 5) is 17.4. The van der Waals surface area contributed by atoms with E-state index in [-0.39, 0.29) is 5.91 Å². The van der Waals surface area contributed by atoms with Crippen LogP contribution in [0.5, 0.6) is 11.5 Å². The third-order valence-corrected chi connectivity index (χ3v) is 4.43. The number of pyridine rings is 1. The molecule has 28 heavy (non-hydrogen) atoms. The van der Waals surface area contributed by atoms with Crippen molar-refractivity contribution >= 4 is 22.6 Å². The first-order chi connectivity index (χ1) is 13.5. The second kappa shape index (κ2) is 7.15. The molecule has 0 unspecified atom stereocenters. The van der Waals surface area contributed by atoms with E-state index in [0.717, 1.165) is 22.5 Å². The smallest absolute Gasteiger partial charge is 0.256 e. The highest BCUT2D eigenvalue weighted by atomic mass is 16.5. The molecule has 4 rings (SSSR count). The van der Waals surface area contributed by atoms with Crippen LogP contribution >= 0.6 is 0 Å². The van der Waals surface area contributed by atoms with Crippen molar-refractivity contribution in [3.8, 4) is 11.5 Å². The molecule has 0 spiro atoms. The number of anilines is 1. The van der Waals surface area contributed by atoms with Gasteiger partial charge in [0.05, 0.1) is 16.6 Å². The quantitative estimate of drug-likeness (QED) is 0.567. The molecule has 0 aliphatic heterocycles. The van der Waals surface area contributed by atoms with Crippen LogP contribution < -0.4 is 10.1 Å². The van der Waals surface area contributed by atoms with Gasteiger partial charge in [-0.25, -0.2) is 4.98 Å². The Morgan fingerprint density at radius 2 is 1.68 bits per heavy atom. The number of carbonyl (C=O) groups excluding carboxylic acids is 1. The molecule has 0 aliphatic carbocycles. The van der Waals surface area contributed by atoms with Crippen molar-refractivity contribution in [3.05, 3.63) is 77.6 Å². The molecule has 0 saturated heterocycles. The lowest BCUT2D eigenvalue weighted by Gasteiger charge is -2.09. The zero-order chi connectivity index (χ0) is 19.7. The Balaban J connectivity index is 1.57. The number of aromatic nitrogens is 3. The highest BCUT2D eigenvalue weighted by Gasteiger charge is 2.17. The van der Waals surface area contributed by atoms with Gasteiger partial charge in [-0.1, -0.05) is 18.2 Å². The third kappa shape index (κ3) is 3.44. The van der Waals surface area contributed by atoms with Crippen molar-refractivity contribution in [2.24, 2.45) is 7.05 Å². The van der Waals surface area contributed by atoms with Crippen LogP contribution in [0.2, 0.25) is 0 Å². The van der Waals surface area contributed by atoms with Crippen molar-refractivity contribution in [2.75, 3.05) is 5.32 Å². The number of aryl methyl sites for hydroxylation is 3. The van der Waals surface area contributed by atoms with Crippen LogP contribution in [-0.2, 0) is 7.05 Å². The lowest BCUT2D eigenvalue weighted by molar-refractivity contribution is 0.102. The first-order valence-corrected chi connectivity index (χ1v) is 8.96. The van der Waals surface area contributed by atoms with E-state index in [1.807, 2.05) is 75.5 Å². The van der Waals surface area contributed by atoms with Gasteiger partial charge >= 0.3 is 0 Å². The summed E-state index contributed by atoms with van der Waals surface area (Å²) in [5.41, 5.74) is 3.51. The third-order valence-electron chi connectivity index (χ3n) is 4.43. The number of para-hydroxylation sites is 1. The van der Waals surface area contributed by atoms with Crippen LogP contribution in [0.25, 0.3) is 11.0 Å². The fourth-order valence-corrected chi connectivity index (χ4v) is 3.18. The van der Waals surface area contributed by atoms with Crippen molar-refractivity contribution in [2.45, 2.75) is 13.8 Å². The van der Waals surface area contributed by atoms with E-state index in [0.29, 0.717) is 22.6 Å². The molecule has 6 nitrogen and oxygen atoms in total. The van der Waals surface area contributed by atoms with Gasteiger partial charge in [0.25, 0.3) is 5.91 Å². The number of benzene rings is 2. The van der Waals surface area contributed by atoms with E-state index >= 15 is 0 Å². The summed E-state index contributed by atoms with van der Waals surface area (Å²) in [6.07, 6.45) is 0. The summed E-state index contributed by atoms with van der Waals surface area (Å²) in [7, 11) is 1.83. The van der Waals surface area contributed by atoms with E-state index in [1.54, 1.807) is 10.7 Å². The normalized spacial score (nSPS) is 10.8. The Kier molecular flexibility index (Phi) is 4.53. The SMILES string of the molecule is Cc1cc(C(=O)Nc2ccc(Oc3ccccc3)cc2)c2c(C)nn(C)c2n1. The van der Waals surface area contributed by atoms with Gasteiger partial charge < -0.3 is 10.1 Å². The first kappa shape index (κ1) is 17.7. The Bertz CT molecular complexity index is 1150. The average molecular weight is 372 g/mol. The summed E-state index contributed by atoms with van der Waals surface area (Å²) >= 11 is 0. The predicted octanol–water partition coefficient (Wildman–Crippen LogP) is 4.63. The number of amides is 1. The molecule has 1 amide bonds. The number of hydrogen-bond donors (Lipinski definition) is 1. The number of nitrogens with one attached hydrogen (secondary N) is 1. The summed E-state index contributed by atoms with van der Waals surface area (Å²) in [5, 5.41) is 8.11. The minimum atomic E-state index is -0.191. The lowest BCUT2D eigenvalue weighted by Crippen LogP contribution is -2.13. The molecule has 140 valence electrons. The fraction of sp³-hybridized carbons (Fsp3) is 0.136. The molecular weight excluding hydrogens is 352 g/mol. The molecular formula is C22H20N4O2. The lowest BCUT2D eigenvalue weighted by atomic mass is 10.1. The van der Waals surface area contributed by atoms with Crippen molar-refractivity contribution in [1.82, 2.24) is 14.8 Å². The average Bonchev–Trinajstić information content (AvgIpc) is 2.97. The van der Waals surface area contributed by atoms with Crippen LogP contribution in [0.4, 0.5) is 5.69 Å². The monoisotopic (exact) mass is 372 g/mol. The van der Waals surface area contributed by atoms with Gasteiger partial charge in [-0.05, 0) is 56.3 Å². The summed E-state index contributed by atoms with van der Waals surface area (Å²) in [6.45, 7) is 3.75. The van der Waals surface area contributed by atoms with E-state index in [2.05, 4.69) is 15.4 Å². The van der Waals surface area contributed by atoms with Gasteiger partial charge in [-0.2, -0.15) is 5.10 Å². The molecule has 0 aliphatic rings. The topological polar surface area (TPSA) is 69.0 Å². The molecule has 2 heterocycles. The number of ether oxygens (including phenoxy) is 1. The Morgan fingerprint density at radius 1 is 1.00 bits per heavy atom. The molecule has 6 heteroatoms. The first-order valence-electron chi connectivity index (χ1n) is 8.96. The van der Waals surface area contributed by atoms with Gasteiger partial charge in [-0.3, -0.25) is 9.48 Å². The highest BCUT2D eigenvalue weighted by molar-refractivity contribution is 6.12. The van der Waals surface area contributed by atoms with Gasteiger partial charge in [0.15, 0.2) is 5.65 Å². The maximum atomic E-state index is 12.9. The standard InChI is InChI=1S/C22H20N4O2/c1-14-13-19(20-15(2)25-26(3)21(20)23-14)22(27)24-16-9-11-18(12-10-16)28-17-7-5-4-6-8-17/h4-13H,1-3H3,(H,24,27).